The van der Waals surface area contributed by atoms with Crippen molar-refractivity contribution in [1.29, 1.82) is 0 Å². The molecule has 1 aromatic heterocycles. The van der Waals surface area contributed by atoms with E-state index in [0.717, 1.165) is 0 Å². The zero-order valence-corrected chi connectivity index (χ0v) is 12.2. The van der Waals surface area contributed by atoms with E-state index in [9.17, 15) is 13.2 Å². The van der Waals surface area contributed by atoms with Crippen molar-refractivity contribution in [2.45, 2.75) is 11.9 Å². The van der Waals surface area contributed by atoms with Crippen LogP contribution in [0.3, 0.4) is 0 Å². The summed E-state index contributed by atoms with van der Waals surface area (Å²) in [5, 5.41) is 2.84. The summed E-state index contributed by atoms with van der Waals surface area (Å²) in [6, 6.07) is 0. The van der Waals surface area contributed by atoms with Crippen molar-refractivity contribution in [2.24, 2.45) is 0 Å². The molecule has 1 aliphatic heterocycles. The van der Waals surface area contributed by atoms with Crippen molar-refractivity contribution < 1.29 is 13.2 Å². The number of imidazole rings is 1. The molecule has 112 valence electrons. The van der Waals surface area contributed by atoms with Gasteiger partial charge >= 0.3 is 0 Å². The second-order valence-electron chi connectivity index (χ2n) is 4.55. The van der Waals surface area contributed by atoms with Gasteiger partial charge in [0, 0.05) is 32.7 Å². The molecule has 0 radical (unpaired) electrons. The lowest BCUT2D eigenvalue weighted by molar-refractivity contribution is -0.122. The maximum atomic E-state index is 12.2. The Bertz CT molecular complexity index is 534. The average molecular weight is 301 g/mol. The van der Waals surface area contributed by atoms with Gasteiger partial charge in [-0.25, -0.2) is 13.4 Å². The fourth-order valence-electron chi connectivity index (χ4n) is 2.11. The molecule has 2 heterocycles. The Kier molecular flexibility index (Phi) is 4.73. The average Bonchev–Trinajstić information content (AvgIpc) is 2.94. The molecule has 1 amide bonds. The van der Waals surface area contributed by atoms with Crippen molar-refractivity contribution in [1.82, 2.24) is 24.5 Å². The molecule has 0 bridgehead atoms. The number of aromatic amines is 1. The summed E-state index contributed by atoms with van der Waals surface area (Å²) >= 11 is 0. The van der Waals surface area contributed by atoms with Crippen molar-refractivity contribution in [3.63, 3.8) is 0 Å². The van der Waals surface area contributed by atoms with Crippen molar-refractivity contribution in [3.8, 4) is 0 Å². The Morgan fingerprint density at radius 2 is 2.10 bits per heavy atom. The predicted molar refractivity (Wildman–Crippen MR) is 72.5 cm³/mol. The third-order valence-corrected chi connectivity index (χ3v) is 4.99. The molecular weight excluding hydrogens is 282 g/mol. The maximum Gasteiger partial charge on any atom is 0.260 e. The number of nitrogens with zero attached hydrogens (tertiary/aromatic N) is 3. The van der Waals surface area contributed by atoms with Crippen molar-refractivity contribution in [2.75, 3.05) is 39.3 Å². The quantitative estimate of drug-likeness (QED) is 0.716. The fourth-order valence-corrected chi connectivity index (χ4v) is 3.43. The van der Waals surface area contributed by atoms with Crippen LogP contribution >= 0.6 is 0 Å². The van der Waals surface area contributed by atoms with Crippen molar-refractivity contribution >= 4 is 15.9 Å². The molecule has 1 fully saturated rings. The number of rotatable bonds is 5. The van der Waals surface area contributed by atoms with Gasteiger partial charge in [0.2, 0.25) is 5.91 Å². The van der Waals surface area contributed by atoms with E-state index in [4.69, 9.17) is 0 Å². The van der Waals surface area contributed by atoms with Crippen LogP contribution in [0, 0.1) is 0 Å². The van der Waals surface area contributed by atoms with Crippen LogP contribution in [-0.4, -0.2) is 72.8 Å². The number of sulfonamides is 1. The number of likely N-dealkylation sites (N-methyl/N-ethyl adjacent to an activating group) is 1. The van der Waals surface area contributed by atoms with Crippen LogP contribution in [-0.2, 0) is 14.8 Å². The van der Waals surface area contributed by atoms with Crippen LogP contribution in [0.1, 0.15) is 6.92 Å². The SMILES string of the molecule is CCNC(=O)CN1CCN(S(=O)(=O)c2cnc[nH]2)CC1. The molecule has 9 heteroatoms. The normalized spacial score (nSPS) is 18.1. The van der Waals surface area contributed by atoms with Gasteiger partial charge in [0.1, 0.15) is 0 Å². The Morgan fingerprint density at radius 1 is 1.40 bits per heavy atom. The summed E-state index contributed by atoms with van der Waals surface area (Å²) in [5.74, 6) is -0.0302. The number of hydrogen-bond donors (Lipinski definition) is 2. The fraction of sp³-hybridized carbons (Fsp3) is 0.636. The third kappa shape index (κ3) is 3.35. The van der Waals surface area contributed by atoms with E-state index in [2.05, 4.69) is 15.3 Å². The van der Waals surface area contributed by atoms with E-state index in [1.807, 2.05) is 11.8 Å². The molecule has 1 saturated heterocycles. The summed E-state index contributed by atoms with van der Waals surface area (Å²) < 4.78 is 25.9. The molecule has 0 atom stereocenters. The number of carbonyl (C=O) groups excluding carboxylic acids is 1. The second-order valence-corrected chi connectivity index (χ2v) is 6.46. The summed E-state index contributed by atoms with van der Waals surface area (Å²) in [6.45, 7) is 4.63. The van der Waals surface area contributed by atoms with E-state index in [1.165, 1.54) is 16.8 Å². The number of amides is 1. The molecule has 0 aliphatic carbocycles. The molecule has 2 rings (SSSR count). The van der Waals surface area contributed by atoms with Crippen LogP contribution in [0.15, 0.2) is 17.6 Å². The van der Waals surface area contributed by atoms with Crippen LogP contribution in [0.2, 0.25) is 0 Å². The number of carbonyl (C=O) groups is 1. The lowest BCUT2D eigenvalue weighted by Gasteiger charge is -2.33. The van der Waals surface area contributed by atoms with Gasteiger partial charge < -0.3 is 10.3 Å². The maximum absolute atomic E-state index is 12.2. The highest BCUT2D eigenvalue weighted by Gasteiger charge is 2.29. The molecule has 1 aliphatic rings. The largest absolute Gasteiger partial charge is 0.355 e. The minimum Gasteiger partial charge on any atom is -0.355 e. The molecular formula is C11H19N5O3S. The van der Waals surface area contributed by atoms with Crippen LogP contribution in [0.5, 0.6) is 0 Å². The first-order valence-electron chi connectivity index (χ1n) is 6.51. The van der Waals surface area contributed by atoms with E-state index in [1.54, 1.807) is 0 Å². The van der Waals surface area contributed by atoms with E-state index in [-0.39, 0.29) is 10.9 Å². The first-order valence-corrected chi connectivity index (χ1v) is 7.95. The van der Waals surface area contributed by atoms with E-state index in [0.29, 0.717) is 39.3 Å². The molecule has 8 nitrogen and oxygen atoms in total. The number of piperazine rings is 1. The van der Waals surface area contributed by atoms with Gasteiger partial charge in [-0.3, -0.25) is 9.69 Å². The first-order chi connectivity index (χ1) is 9.54. The number of aromatic nitrogens is 2. The van der Waals surface area contributed by atoms with Gasteiger partial charge in [0.05, 0.1) is 19.1 Å². The van der Waals surface area contributed by atoms with Gasteiger partial charge in [0.15, 0.2) is 5.03 Å². The van der Waals surface area contributed by atoms with Crippen LogP contribution in [0.25, 0.3) is 0 Å². The third-order valence-electron chi connectivity index (χ3n) is 3.16. The molecule has 20 heavy (non-hydrogen) atoms. The highest BCUT2D eigenvalue weighted by molar-refractivity contribution is 7.89. The molecule has 0 aromatic carbocycles. The summed E-state index contributed by atoms with van der Waals surface area (Å²) in [7, 11) is -3.49. The summed E-state index contributed by atoms with van der Waals surface area (Å²) in [6.07, 6.45) is 2.65. The van der Waals surface area contributed by atoms with Gasteiger partial charge in [-0.1, -0.05) is 0 Å². The standard InChI is InChI=1S/C11H19N5O3S/c1-2-13-10(17)8-15-3-5-16(6-4-15)20(18,19)11-7-12-9-14-11/h7,9H,2-6,8H2,1H3,(H,12,14)(H,13,17). The minimum absolute atomic E-state index is 0.0302. The van der Waals surface area contributed by atoms with Gasteiger partial charge in [-0.2, -0.15) is 4.31 Å². The monoisotopic (exact) mass is 301 g/mol. The van der Waals surface area contributed by atoms with E-state index >= 15 is 0 Å². The Labute approximate surface area is 118 Å². The molecule has 0 unspecified atom stereocenters. The summed E-state index contributed by atoms with van der Waals surface area (Å²) in [4.78, 5) is 19.8. The lowest BCUT2D eigenvalue weighted by atomic mass is 10.3. The molecule has 0 saturated carbocycles. The topological polar surface area (TPSA) is 98.4 Å². The zero-order chi connectivity index (χ0) is 14.6. The highest BCUT2D eigenvalue weighted by atomic mass is 32.2. The Hall–Kier alpha value is -1.45. The first kappa shape index (κ1) is 14.9. The lowest BCUT2D eigenvalue weighted by Crippen LogP contribution is -2.51. The smallest absolute Gasteiger partial charge is 0.260 e. The minimum atomic E-state index is -3.49. The number of hydrogen-bond acceptors (Lipinski definition) is 5. The number of H-pyrrole nitrogens is 1. The molecule has 1 aromatic rings. The molecule has 0 spiro atoms. The van der Waals surface area contributed by atoms with Crippen molar-refractivity contribution in [3.05, 3.63) is 12.5 Å². The summed E-state index contributed by atoms with van der Waals surface area (Å²) in [5.41, 5.74) is 0. The van der Waals surface area contributed by atoms with Crippen LogP contribution < -0.4 is 5.32 Å². The Morgan fingerprint density at radius 3 is 2.65 bits per heavy atom. The van der Waals surface area contributed by atoms with Gasteiger partial charge in [0.25, 0.3) is 10.0 Å². The zero-order valence-electron chi connectivity index (χ0n) is 11.4. The van der Waals surface area contributed by atoms with Crippen LogP contribution in [0.4, 0.5) is 0 Å². The second kappa shape index (κ2) is 6.33. The predicted octanol–water partition coefficient (Wildman–Crippen LogP) is -1.15. The van der Waals surface area contributed by atoms with Gasteiger partial charge in [-0.05, 0) is 6.92 Å². The highest BCUT2D eigenvalue weighted by Crippen LogP contribution is 2.14. The Balaban J connectivity index is 1.90. The van der Waals surface area contributed by atoms with E-state index < -0.39 is 10.0 Å². The molecule has 2 N–H and O–H groups in total. The van der Waals surface area contributed by atoms with Gasteiger partial charge in [-0.15, -0.1) is 0 Å². The number of nitrogens with one attached hydrogen (secondary N) is 2.